The second-order valence-electron chi connectivity index (χ2n) is 13.5. The molecule has 278 valence electrons. The lowest BCUT2D eigenvalue weighted by molar-refractivity contribution is -0.142. The molecule has 13 nitrogen and oxygen atoms in total. The molecule has 2 saturated heterocycles. The zero-order valence-corrected chi connectivity index (χ0v) is 31.9. The molecule has 0 aliphatic carbocycles. The van der Waals surface area contributed by atoms with E-state index in [1.165, 1.54) is 28.3 Å². The van der Waals surface area contributed by atoms with Crippen LogP contribution in [0.3, 0.4) is 0 Å². The summed E-state index contributed by atoms with van der Waals surface area (Å²) in [6, 6.07) is 9.19. The fourth-order valence-electron chi connectivity index (χ4n) is 6.91. The first kappa shape index (κ1) is 37.3. The van der Waals surface area contributed by atoms with Crippen molar-refractivity contribution in [1.29, 1.82) is 5.26 Å². The third-order valence-electron chi connectivity index (χ3n) is 9.66. The van der Waals surface area contributed by atoms with Crippen molar-refractivity contribution in [1.82, 2.24) is 29.1 Å². The van der Waals surface area contributed by atoms with E-state index in [4.69, 9.17) is 16.3 Å². The highest BCUT2D eigenvalue weighted by Crippen LogP contribution is 2.37. The summed E-state index contributed by atoms with van der Waals surface area (Å²) in [5.74, 6) is 6.24. The number of hydrogen-bond donors (Lipinski definition) is 1. The third-order valence-corrected chi connectivity index (χ3v) is 11.5. The average molecular weight is 789 g/mol. The number of nitrogens with one attached hydrogen (secondary N) is 1. The van der Waals surface area contributed by atoms with Gasteiger partial charge in [0.05, 0.1) is 58.9 Å². The lowest BCUT2D eigenvalue weighted by Gasteiger charge is -2.42. The van der Waals surface area contributed by atoms with Crippen LogP contribution >= 0.6 is 22.9 Å². The third kappa shape index (κ3) is 7.40. The number of benzene rings is 1. The molecule has 0 saturated carbocycles. The number of aryl methyl sites for hydroxylation is 1. The van der Waals surface area contributed by atoms with Gasteiger partial charge in [-0.05, 0) is 44.0 Å². The molecule has 1 N–H and O–H groups in total. The highest BCUT2D eigenvalue weighted by Gasteiger charge is 2.41. The Morgan fingerprint density at radius 1 is 1.22 bits per heavy atom. The summed E-state index contributed by atoms with van der Waals surface area (Å²) in [6.07, 6.45) is 5.42. The second kappa shape index (κ2) is 14.7. The van der Waals surface area contributed by atoms with Gasteiger partial charge in [-0.1, -0.05) is 23.4 Å². The number of carbonyl (C=O) groups excluding carboxylic acids is 1. The Hall–Kier alpha value is -4.97. The van der Waals surface area contributed by atoms with Crippen molar-refractivity contribution in [2.75, 3.05) is 51.1 Å². The molecule has 7 rings (SSSR count). The van der Waals surface area contributed by atoms with E-state index in [1.807, 2.05) is 16.7 Å². The molecule has 4 aromatic heterocycles. The molecule has 54 heavy (non-hydrogen) atoms. The van der Waals surface area contributed by atoms with Crippen LogP contribution in [-0.2, 0) is 21.3 Å². The Labute approximate surface area is 319 Å². The number of pyridine rings is 2. The predicted octanol–water partition coefficient (Wildman–Crippen LogP) is 4.28. The van der Waals surface area contributed by atoms with Gasteiger partial charge in [0, 0.05) is 66.0 Å². The number of aromatic nitrogens is 4. The first-order chi connectivity index (χ1) is 25.7. The van der Waals surface area contributed by atoms with E-state index < -0.39 is 27.2 Å². The van der Waals surface area contributed by atoms with Crippen molar-refractivity contribution in [2.24, 2.45) is 0 Å². The topological polar surface area (TPSA) is 163 Å². The standard InChI is InChI=1S/C37H34ClFN8O5S2/c1-22-43-30-17-42-34(45(2)25-9-13-46(14-10-25)19-37(39)20-52-21-37)28(16-40)31(30)36(49)47(22)12-4-5-23-6-7-24(38)15-27(23)26-8-11-41-32-29(18-53-33(26)32)35(48)44-54(3,50)51/h6-8,11,15,17-18,25H,9-10,12-14,19-21H2,1-3H3,(H,44,48). The molecule has 5 aromatic rings. The van der Waals surface area contributed by atoms with Crippen molar-refractivity contribution < 1.29 is 22.3 Å². The normalized spacial score (nSPS) is 16.0. The molecule has 0 radical (unpaired) electrons. The van der Waals surface area contributed by atoms with E-state index in [2.05, 4.69) is 37.8 Å². The first-order valence-corrected chi connectivity index (χ1v) is 20.1. The Morgan fingerprint density at radius 2 is 1.98 bits per heavy atom. The summed E-state index contributed by atoms with van der Waals surface area (Å²) in [6.45, 7) is 3.64. The summed E-state index contributed by atoms with van der Waals surface area (Å²) >= 11 is 7.66. The molecule has 2 aliphatic rings. The number of anilines is 1. The molecule has 0 unspecified atom stereocenters. The fraction of sp³-hybridized carbons (Fsp3) is 0.351. The van der Waals surface area contributed by atoms with Crippen LogP contribution in [0, 0.1) is 30.1 Å². The van der Waals surface area contributed by atoms with E-state index in [0.717, 1.165) is 19.1 Å². The van der Waals surface area contributed by atoms with Crippen molar-refractivity contribution in [3.8, 4) is 29.0 Å². The molecular formula is C37H34ClFN8O5S2. The Kier molecular flexibility index (Phi) is 10.2. The number of alkyl halides is 1. The van der Waals surface area contributed by atoms with Gasteiger partial charge >= 0.3 is 0 Å². The van der Waals surface area contributed by atoms with Crippen LogP contribution in [0.4, 0.5) is 10.2 Å². The number of hydrogen-bond acceptors (Lipinski definition) is 12. The minimum absolute atomic E-state index is 0.0336. The average Bonchev–Trinajstić information content (AvgIpc) is 3.56. The van der Waals surface area contributed by atoms with Gasteiger partial charge in [0.1, 0.15) is 23.3 Å². The molecule has 0 bridgehead atoms. The number of ether oxygens (including phenoxy) is 1. The zero-order chi connectivity index (χ0) is 38.4. The number of piperidine rings is 1. The van der Waals surface area contributed by atoms with Crippen LogP contribution < -0.4 is 15.2 Å². The number of likely N-dealkylation sites (tertiary alicyclic amines) is 1. The Balaban J connectivity index is 1.17. The van der Waals surface area contributed by atoms with Crippen LogP contribution in [0.1, 0.15) is 40.2 Å². The summed E-state index contributed by atoms with van der Waals surface area (Å²) in [5, 5.41) is 12.5. The predicted molar refractivity (Wildman–Crippen MR) is 205 cm³/mol. The lowest BCUT2D eigenvalue weighted by atomic mass is 9.99. The van der Waals surface area contributed by atoms with Crippen LogP contribution in [0.2, 0.25) is 5.02 Å². The van der Waals surface area contributed by atoms with E-state index in [1.54, 1.807) is 36.6 Å². The number of amides is 1. The van der Waals surface area contributed by atoms with Crippen LogP contribution in [0.5, 0.6) is 0 Å². The lowest BCUT2D eigenvalue weighted by Crippen LogP contribution is -2.56. The Morgan fingerprint density at radius 3 is 2.67 bits per heavy atom. The number of thiophene rings is 1. The summed E-state index contributed by atoms with van der Waals surface area (Å²) in [7, 11) is -1.93. The van der Waals surface area contributed by atoms with Crippen LogP contribution in [0.15, 0.2) is 46.8 Å². The highest BCUT2D eigenvalue weighted by molar-refractivity contribution is 7.89. The molecule has 1 amide bonds. The van der Waals surface area contributed by atoms with Gasteiger partial charge in [-0.3, -0.25) is 24.0 Å². The molecular weight excluding hydrogens is 755 g/mol. The summed E-state index contributed by atoms with van der Waals surface area (Å²) in [5.41, 5.74) is 1.10. The fourth-order valence-corrected chi connectivity index (χ4v) is 8.57. The van der Waals surface area contributed by atoms with E-state index in [9.17, 15) is 27.7 Å². The number of nitrogens with zero attached hydrogens (tertiary/aromatic N) is 7. The molecule has 2 aliphatic heterocycles. The van der Waals surface area contributed by atoms with Crippen LogP contribution in [0.25, 0.3) is 32.2 Å². The Bertz CT molecular complexity index is 2600. The zero-order valence-electron chi connectivity index (χ0n) is 29.5. The maximum Gasteiger partial charge on any atom is 0.267 e. The minimum atomic E-state index is -3.79. The number of nitriles is 1. The van der Waals surface area contributed by atoms with Crippen molar-refractivity contribution in [3.63, 3.8) is 0 Å². The number of rotatable bonds is 8. The SMILES string of the molecule is Cc1nc2cnc(N(C)C3CCN(CC4(F)COC4)CC3)c(C#N)c2c(=O)n1CC#Cc1ccc(Cl)cc1-c1ccnc2c(C(=O)NS(C)(=O)=O)csc12. The maximum atomic E-state index is 14.6. The smallest absolute Gasteiger partial charge is 0.267 e. The first-order valence-electron chi connectivity index (χ1n) is 16.9. The molecule has 2 fully saturated rings. The molecule has 1 aromatic carbocycles. The number of halogens is 2. The van der Waals surface area contributed by atoms with Gasteiger partial charge in [-0.25, -0.2) is 27.5 Å². The molecule has 0 atom stereocenters. The van der Waals surface area contributed by atoms with E-state index >= 15 is 0 Å². The quantitative estimate of drug-likeness (QED) is 0.223. The summed E-state index contributed by atoms with van der Waals surface area (Å²) < 4.78 is 47.1. The van der Waals surface area contributed by atoms with Gasteiger partial charge in [-0.15, -0.1) is 11.3 Å². The van der Waals surface area contributed by atoms with Gasteiger partial charge in [0.15, 0.2) is 5.67 Å². The highest BCUT2D eigenvalue weighted by atomic mass is 35.5. The van der Waals surface area contributed by atoms with E-state index in [0.29, 0.717) is 68.7 Å². The van der Waals surface area contributed by atoms with Crippen molar-refractivity contribution in [2.45, 2.75) is 38.0 Å². The molecule has 0 spiro atoms. The number of carbonyl (C=O) groups is 1. The monoisotopic (exact) mass is 788 g/mol. The van der Waals surface area contributed by atoms with Gasteiger partial charge in [0.2, 0.25) is 10.0 Å². The maximum absolute atomic E-state index is 14.6. The number of sulfonamides is 1. The van der Waals surface area contributed by atoms with E-state index in [-0.39, 0.29) is 42.3 Å². The van der Waals surface area contributed by atoms with Gasteiger partial charge in [0.25, 0.3) is 11.5 Å². The molecule has 6 heterocycles. The van der Waals surface area contributed by atoms with Gasteiger partial charge < -0.3 is 9.64 Å². The minimum Gasteiger partial charge on any atom is -0.375 e. The second-order valence-corrected chi connectivity index (χ2v) is 16.6. The summed E-state index contributed by atoms with van der Waals surface area (Å²) in [4.78, 5) is 44.3. The van der Waals surface area contributed by atoms with Crippen molar-refractivity contribution in [3.05, 3.63) is 79.9 Å². The largest absolute Gasteiger partial charge is 0.375 e. The number of fused-ring (bicyclic) bond motifs is 2. The van der Waals surface area contributed by atoms with Gasteiger partial charge in [-0.2, -0.15) is 5.26 Å². The van der Waals surface area contributed by atoms with Crippen LogP contribution in [-0.4, -0.2) is 96.6 Å². The van der Waals surface area contributed by atoms with Crippen molar-refractivity contribution >= 4 is 65.8 Å². The molecule has 17 heteroatoms.